The van der Waals surface area contributed by atoms with Gasteiger partial charge in [-0.3, -0.25) is 4.79 Å². The Labute approximate surface area is 129 Å². The van der Waals surface area contributed by atoms with Crippen LogP contribution in [0.3, 0.4) is 0 Å². The predicted molar refractivity (Wildman–Crippen MR) is 81.9 cm³/mol. The largest absolute Gasteiger partial charge is 0.444 e. The highest BCUT2D eigenvalue weighted by Gasteiger charge is 2.29. The lowest BCUT2D eigenvalue weighted by atomic mass is 10.1. The fraction of sp³-hybridized carbons (Fsp3) is 0.857. The summed E-state index contributed by atoms with van der Waals surface area (Å²) >= 11 is 3.42. The number of halogens is 1. The number of nitrogens with zero attached hydrogens (tertiary/aromatic N) is 1. The average molecular weight is 349 g/mol. The van der Waals surface area contributed by atoms with Gasteiger partial charge in [0.1, 0.15) is 5.60 Å². The number of nitrogens with one attached hydrogen (secondary N) is 1. The molecule has 6 heteroatoms. The molecule has 1 N–H and O–H groups in total. The first-order valence-electron chi connectivity index (χ1n) is 7.02. The molecule has 5 nitrogen and oxygen atoms in total. The Kier molecular flexibility index (Phi) is 6.30. The van der Waals surface area contributed by atoms with Gasteiger partial charge in [0.15, 0.2) is 0 Å². The van der Waals surface area contributed by atoms with Crippen molar-refractivity contribution in [1.29, 1.82) is 0 Å². The highest BCUT2D eigenvalue weighted by atomic mass is 79.9. The molecule has 2 atom stereocenters. The van der Waals surface area contributed by atoms with Crippen molar-refractivity contribution in [2.45, 2.75) is 39.7 Å². The summed E-state index contributed by atoms with van der Waals surface area (Å²) < 4.78 is 5.18. The fourth-order valence-corrected chi connectivity index (χ4v) is 2.58. The highest BCUT2D eigenvalue weighted by Crippen LogP contribution is 2.20. The molecule has 0 aromatic heterocycles. The molecule has 1 heterocycles. The number of alkyl carbamates (subject to hydrolysis) is 1. The summed E-state index contributed by atoms with van der Waals surface area (Å²) in [6.07, 6.45) is 0.215. The molecule has 1 saturated heterocycles. The van der Waals surface area contributed by atoms with Crippen molar-refractivity contribution in [3.63, 3.8) is 0 Å². The molecule has 2 unspecified atom stereocenters. The third kappa shape index (κ3) is 6.11. The van der Waals surface area contributed by atoms with E-state index in [-0.39, 0.29) is 11.8 Å². The molecule has 1 aliphatic heterocycles. The third-order valence-corrected chi connectivity index (χ3v) is 3.95. The second kappa shape index (κ2) is 7.29. The van der Waals surface area contributed by atoms with Crippen molar-refractivity contribution >= 4 is 27.9 Å². The van der Waals surface area contributed by atoms with E-state index in [0.29, 0.717) is 25.4 Å². The Morgan fingerprint density at radius 1 is 1.55 bits per heavy atom. The SMILES string of the molecule is CC(CNC(=O)OC(C)(C)C)CN1CC(CBr)CC1=O. The Hall–Kier alpha value is -0.780. The number of ether oxygens (including phenoxy) is 1. The molecule has 0 aliphatic carbocycles. The van der Waals surface area contributed by atoms with E-state index in [0.717, 1.165) is 11.9 Å². The van der Waals surface area contributed by atoms with Crippen molar-refractivity contribution in [3.05, 3.63) is 0 Å². The van der Waals surface area contributed by atoms with Crippen molar-refractivity contribution in [1.82, 2.24) is 10.2 Å². The first-order valence-corrected chi connectivity index (χ1v) is 8.14. The minimum absolute atomic E-state index is 0.207. The van der Waals surface area contributed by atoms with Gasteiger partial charge in [0.2, 0.25) is 5.91 Å². The average Bonchev–Trinajstić information content (AvgIpc) is 2.65. The van der Waals surface area contributed by atoms with Gasteiger partial charge in [-0.25, -0.2) is 4.79 Å². The number of carbonyl (C=O) groups is 2. The van der Waals surface area contributed by atoms with Crippen LogP contribution in [-0.4, -0.2) is 47.5 Å². The maximum Gasteiger partial charge on any atom is 0.407 e. The van der Waals surface area contributed by atoms with Gasteiger partial charge in [0.05, 0.1) is 0 Å². The highest BCUT2D eigenvalue weighted by molar-refractivity contribution is 9.09. The number of amides is 2. The minimum Gasteiger partial charge on any atom is -0.444 e. The fourth-order valence-electron chi connectivity index (χ4n) is 2.15. The molecule has 0 bridgehead atoms. The van der Waals surface area contributed by atoms with Gasteiger partial charge < -0.3 is 15.0 Å². The van der Waals surface area contributed by atoms with Gasteiger partial charge in [0, 0.05) is 31.4 Å². The van der Waals surface area contributed by atoms with E-state index >= 15 is 0 Å². The van der Waals surface area contributed by atoms with Crippen LogP contribution < -0.4 is 5.32 Å². The second-order valence-electron chi connectivity index (χ2n) is 6.51. The van der Waals surface area contributed by atoms with E-state index in [1.807, 2.05) is 32.6 Å². The van der Waals surface area contributed by atoms with E-state index in [1.165, 1.54) is 0 Å². The molecule has 2 amide bonds. The van der Waals surface area contributed by atoms with Crippen LogP contribution >= 0.6 is 15.9 Å². The van der Waals surface area contributed by atoms with Crippen LogP contribution in [0.2, 0.25) is 0 Å². The van der Waals surface area contributed by atoms with E-state index in [4.69, 9.17) is 4.74 Å². The van der Waals surface area contributed by atoms with Gasteiger partial charge in [0.25, 0.3) is 0 Å². The monoisotopic (exact) mass is 348 g/mol. The van der Waals surface area contributed by atoms with Crippen molar-refractivity contribution in [2.24, 2.45) is 11.8 Å². The molecule has 0 spiro atoms. The van der Waals surface area contributed by atoms with Crippen LogP contribution in [0.5, 0.6) is 0 Å². The lowest BCUT2D eigenvalue weighted by Gasteiger charge is -2.23. The van der Waals surface area contributed by atoms with E-state index < -0.39 is 11.7 Å². The summed E-state index contributed by atoms with van der Waals surface area (Å²) in [5.74, 6) is 0.827. The van der Waals surface area contributed by atoms with Crippen molar-refractivity contribution < 1.29 is 14.3 Å². The molecule has 1 fully saturated rings. The summed E-state index contributed by atoms with van der Waals surface area (Å²) in [7, 11) is 0. The third-order valence-electron chi connectivity index (χ3n) is 3.04. The van der Waals surface area contributed by atoms with Crippen LogP contribution in [0.15, 0.2) is 0 Å². The lowest BCUT2D eigenvalue weighted by Crippen LogP contribution is -2.38. The summed E-state index contributed by atoms with van der Waals surface area (Å²) in [4.78, 5) is 25.2. The molecule has 1 aliphatic rings. The molecule has 20 heavy (non-hydrogen) atoms. The molecule has 1 rings (SSSR count). The van der Waals surface area contributed by atoms with E-state index in [9.17, 15) is 9.59 Å². The quantitative estimate of drug-likeness (QED) is 0.776. The molecule has 0 saturated carbocycles. The van der Waals surface area contributed by atoms with E-state index in [2.05, 4.69) is 21.2 Å². The van der Waals surface area contributed by atoms with Gasteiger partial charge in [-0.05, 0) is 32.6 Å². The first-order chi connectivity index (χ1) is 9.21. The lowest BCUT2D eigenvalue weighted by molar-refractivity contribution is -0.128. The number of hydrogen-bond acceptors (Lipinski definition) is 3. The van der Waals surface area contributed by atoms with Crippen molar-refractivity contribution in [2.75, 3.05) is 25.0 Å². The molecular formula is C14H25BrN2O3. The zero-order valence-corrected chi connectivity index (χ0v) is 14.3. The van der Waals surface area contributed by atoms with Gasteiger partial charge in [-0.1, -0.05) is 22.9 Å². The maximum absolute atomic E-state index is 11.8. The topological polar surface area (TPSA) is 58.6 Å². The standard InChI is InChI=1S/C14H25BrN2O3/c1-10(7-16-13(19)20-14(2,3)4)8-17-9-11(6-15)5-12(17)18/h10-11H,5-9H2,1-4H3,(H,16,19). The second-order valence-corrected chi connectivity index (χ2v) is 7.16. The molecule has 0 radical (unpaired) electrons. The zero-order chi connectivity index (χ0) is 15.3. The Morgan fingerprint density at radius 2 is 2.20 bits per heavy atom. The van der Waals surface area contributed by atoms with Crippen LogP contribution in [0, 0.1) is 11.8 Å². The first kappa shape index (κ1) is 17.3. The smallest absolute Gasteiger partial charge is 0.407 e. The summed E-state index contributed by atoms with van der Waals surface area (Å²) in [6, 6.07) is 0. The number of hydrogen-bond donors (Lipinski definition) is 1. The predicted octanol–water partition coefficient (Wildman–Crippen LogP) is 2.39. The van der Waals surface area contributed by atoms with Gasteiger partial charge >= 0.3 is 6.09 Å². The zero-order valence-electron chi connectivity index (χ0n) is 12.7. The normalized spacial score (nSPS) is 20.9. The van der Waals surface area contributed by atoms with Crippen molar-refractivity contribution in [3.8, 4) is 0 Å². The Balaban J connectivity index is 2.28. The van der Waals surface area contributed by atoms with E-state index in [1.54, 1.807) is 0 Å². The Bertz CT molecular complexity index is 355. The number of likely N-dealkylation sites (tertiary alicyclic amines) is 1. The van der Waals surface area contributed by atoms with Gasteiger partial charge in [-0.2, -0.15) is 0 Å². The summed E-state index contributed by atoms with van der Waals surface area (Å²) in [5, 5.41) is 3.61. The summed E-state index contributed by atoms with van der Waals surface area (Å²) in [6.45, 7) is 9.51. The van der Waals surface area contributed by atoms with Crippen LogP contribution in [0.1, 0.15) is 34.1 Å². The number of rotatable bonds is 5. The number of carbonyl (C=O) groups excluding carboxylic acids is 2. The van der Waals surface area contributed by atoms with Crippen LogP contribution in [0.4, 0.5) is 4.79 Å². The number of alkyl halides is 1. The minimum atomic E-state index is -0.485. The maximum atomic E-state index is 11.8. The molecular weight excluding hydrogens is 324 g/mol. The molecule has 0 aromatic carbocycles. The van der Waals surface area contributed by atoms with Gasteiger partial charge in [-0.15, -0.1) is 0 Å². The Morgan fingerprint density at radius 3 is 2.70 bits per heavy atom. The van der Waals surface area contributed by atoms with Crippen LogP contribution in [0.25, 0.3) is 0 Å². The summed E-state index contributed by atoms with van der Waals surface area (Å²) in [5.41, 5.74) is -0.485. The van der Waals surface area contributed by atoms with Crippen LogP contribution in [-0.2, 0) is 9.53 Å². The molecule has 0 aromatic rings. The molecule has 116 valence electrons.